The molecule has 0 aromatic heterocycles. The summed E-state index contributed by atoms with van der Waals surface area (Å²) >= 11 is 0. The first-order chi connectivity index (χ1) is 11.7. The molecule has 5 nitrogen and oxygen atoms in total. The molecule has 1 aliphatic rings. The molecule has 1 aliphatic carbocycles. The van der Waals surface area contributed by atoms with E-state index in [9.17, 15) is 4.79 Å². The molecule has 1 fully saturated rings. The third-order valence-corrected chi connectivity index (χ3v) is 3.94. The van der Waals surface area contributed by atoms with Crippen molar-refractivity contribution in [2.24, 2.45) is 0 Å². The molecule has 0 spiro atoms. The topological polar surface area (TPSA) is 71.3 Å². The largest absolute Gasteiger partial charge is 0.489 e. The molecule has 0 saturated heterocycles. The summed E-state index contributed by atoms with van der Waals surface area (Å²) in [7, 11) is 0. The fourth-order valence-electron chi connectivity index (χ4n) is 2.51. The van der Waals surface area contributed by atoms with E-state index >= 15 is 0 Å². The van der Waals surface area contributed by atoms with E-state index < -0.39 is 0 Å². The van der Waals surface area contributed by atoms with Gasteiger partial charge >= 0.3 is 5.97 Å². The summed E-state index contributed by atoms with van der Waals surface area (Å²) in [6, 6.07) is 17.6. The number of nitrogens with zero attached hydrogens (tertiary/aromatic N) is 1. The van der Waals surface area contributed by atoms with Crippen LogP contribution in [0, 0.1) is 11.3 Å². The van der Waals surface area contributed by atoms with E-state index in [0.717, 1.165) is 17.7 Å². The monoisotopic (exact) mass is 322 g/mol. The maximum Gasteiger partial charge on any atom is 0.321 e. The van der Waals surface area contributed by atoms with E-state index in [1.54, 1.807) is 12.1 Å². The van der Waals surface area contributed by atoms with Crippen molar-refractivity contribution in [3.05, 3.63) is 65.2 Å². The minimum absolute atomic E-state index is 0.194. The fourth-order valence-corrected chi connectivity index (χ4v) is 2.51. The minimum Gasteiger partial charge on any atom is -0.489 e. The second kappa shape index (κ2) is 7.16. The molecule has 0 unspecified atom stereocenters. The first kappa shape index (κ1) is 16.0. The Morgan fingerprint density at radius 3 is 2.54 bits per heavy atom. The van der Waals surface area contributed by atoms with Gasteiger partial charge in [-0.05, 0) is 41.8 Å². The average molecular weight is 322 g/mol. The molecule has 0 amide bonds. The van der Waals surface area contributed by atoms with Gasteiger partial charge in [0.2, 0.25) is 0 Å². The number of carbonyl (C=O) groups excluding carboxylic acids is 1. The van der Waals surface area contributed by atoms with Crippen LogP contribution in [0.5, 0.6) is 5.75 Å². The van der Waals surface area contributed by atoms with Crippen molar-refractivity contribution in [2.45, 2.75) is 31.9 Å². The van der Waals surface area contributed by atoms with Crippen molar-refractivity contribution in [1.82, 2.24) is 5.48 Å². The Morgan fingerprint density at radius 2 is 1.92 bits per heavy atom. The Morgan fingerprint density at radius 1 is 1.21 bits per heavy atom. The highest BCUT2D eigenvalue weighted by Crippen LogP contribution is 2.41. The van der Waals surface area contributed by atoms with Gasteiger partial charge in [-0.25, -0.2) is 0 Å². The lowest BCUT2D eigenvalue weighted by Crippen LogP contribution is -2.21. The number of ether oxygens (including phenoxy) is 1. The third kappa shape index (κ3) is 4.12. The van der Waals surface area contributed by atoms with E-state index in [4.69, 9.17) is 14.8 Å². The van der Waals surface area contributed by atoms with Gasteiger partial charge in [0.1, 0.15) is 12.4 Å². The van der Waals surface area contributed by atoms with Crippen LogP contribution in [0.3, 0.4) is 0 Å². The Kier molecular flexibility index (Phi) is 4.78. The summed E-state index contributed by atoms with van der Waals surface area (Å²) in [5.74, 6) is 0.845. The first-order valence-corrected chi connectivity index (χ1v) is 7.80. The highest BCUT2D eigenvalue weighted by Gasteiger charge is 2.39. The normalized spacial score (nSPS) is 18.5. The standard InChI is InChI=1S/C19H18N2O3/c1-13(22)24-21-19-10-18(19)16-6-8-17(9-7-16)23-12-15-4-2-14(11-20)3-5-15/h2-9,18-19,21H,10,12H2,1H3/t18-,19+/m0/s1. The number of hydrogen-bond donors (Lipinski definition) is 1. The molecule has 0 radical (unpaired) electrons. The van der Waals surface area contributed by atoms with Crippen LogP contribution < -0.4 is 10.2 Å². The molecule has 2 aromatic carbocycles. The number of benzene rings is 2. The molecule has 1 saturated carbocycles. The zero-order valence-electron chi connectivity index (χ0n) is 13.4. The molecular formula is C19H18N2O3. The van der Waals surface area contributed by atoms with Crippen LogP contribution >= 0.6 is 0 Å². The van der Waals surface area contributed by atoms with Crippen LogP contribution in [0.25, 0.3) is 0 Å². The lowest BCUT2D eigenvalue weighted by atomic mass is 10.1. The van der Waals surface area contributed by atoms with Gasteiger partial charge in [0, 0.05) is 12.8 Å². The number of nitriles is 1. The van der Waals surface area contributed by atoms with E-state index in [1.807, 2.05) is 36.4 Å². The van der Waals surface area contributed by atoms with E-state index in [0.29, 0.717) is 18.1 Å². The summed E-state index contributed by atoms with van der Waals surface area (Å²) in [5, 5.41) is 8.78. The molecule has 0 bridgehead atoms. The highest BCUT2D eigenvalue weighted by molar-refractivity contribution is 5.65. The van der Waals surface area contributed by atoms with Crippen LogP contribution in [0.15, 0.2) is 48.5 Å². The predicted octanol–water partition coefficient (Wildman–Crippen LogP) is 3.06. The van der Waals surface area contributed by atoms with Crippen molar-refractivity contribution in [3.8, 4) is 11.8 Å². The van der Waals surface area contributed by atoms with Crippen LogP contribution in [0.4, 0.5) is 0 Å². The van der Waals surface area contributed by atoms with E-state index in [-0.39, 0.29) is 12.0 Å². The Balaban J connectivity index is 1.50. The lowest BCUT2D eigenvalue weighted by Gasteiger charge is -2.08. The number of rotatable bonds is 6. The van der Waals surface area contributed by atoms with Gasteiger partial charge in [-0.15, -0.1) is 5.48 Å². The quantitative estimate of drug-likeness (QED) is 0.828. The molecule has 1 N–H and O–H groups in total. The van der Waals surface area contributed by atoms with Crippen LogP contribution in [0.2, 0.25) is 0 Å². The van der Waals surface area contributed by atoms with Crippen molar-refractivity contribution in [2.75, 3.05) is 0 Å². The second-order valence-corrected chi connectivity index (χ2v) is 5.83. The molecule has 5 heteroatoms. The van der Waals surface area contributed by atoms with Gasteiger partial charge in [0.15, 0.2) is 0 Å². The molecule has 24 heavy (non-hydrogen) atoms. The van der Waals surface area contributed by atoms with Gasteiger partial charge in [-0.3, -0.25) is 4.79 Å². The highest BCUT2D eigenvalue weighted by atomic mass is 16.7. The van der Waals surface area contributed by atoms with Crippen LogP contribution in [-0.2, 0) is 16.2 Å². The number of carbonyl (C=O) groups is 1. The molecule has 0 aliphatic heterocycles. The summed E-state index contributed by atoms with van der Waals surface area (Å²) in [6.07, 6.45) is 0.957. The zero-order chi connectivity index (χ0) is 16.9. The number of nitrogens with one attached hydrogen (secondary N) is 1. The summed E-state index contributed by atoms with van der Waals surface area (Å²) in [6.45, 7) is 1.84. The van der Waals surface area contributed by atoms with E-state index in [1.165, 1.54) is 12.5 Å². The van der Waals surface area contributed by atoms with Gasteiger partial charge in [-0.1, -0.05) is 24.3 Å². The zero-order valence-corrected chi connectivity index (χ0v) is 13.4. The van der Waals surface area contributed by atoms with Gasteiger partial charge in [0.25, 0.3) is 0 Å². The molecule has 122 valence electrons. The molecule has 3 rings (SSSR count). The lowest BCUT2D eigenvalue weighted by molar-refractivity contribution is -0.148. The Labute approximate surface area is 140 Å². The third-order valence-electron chi connectivity index (χ3n) is 3.94. The number of hydroxylamine groups is 1. The fraction of sp³-hybridized carbons (Fsp3) is 0.263. The SMILES string of the molecule is CC(=O)ON[C@@H]1C[C@H]1c1ccc(OCc2ccc(C#N)cc2)cc1. The van der Waals surface area contributed by atoms with Gasteiger partial charge < -0.3 is 9.57 Å². The molecule has 2 atom stereocenters. The van der Waals surface area contributed by atoms with Crippen molar-refractivity contribution in [3.63, 3.8) is 0 Å². The summed E-state index contributed by atoms with van der Waals surface area (Å²) < 4.78 is 5.76. The van der Waals surface area contributed by atoms with Crippen molar-refractivity contribution >= 4 is 5.97 Å². The number of hydrogen-bond acceptors (Lipinski definition) is 5. The Bertz CT molecular complexity index is 748. The Hall–Kier alpha value is -2.84. The van der Waals surface area contributed by atoms with E-state index in [2.05, 4.69) is 11.5 Å². The smallest absolute Gasteiger partial charge is 0.321 e. The second-order valence-electron chi connectivity index (χ2n) is 5.83. The molecular weight excluding hydrogens is 304 g/mol. The van der Waals surface area contributed by atoms with Crippen molar-refractivity contribution in [1.29, 1.82) is 5.26 Å². The van der Waals surface area contributed by atoms with Crippen molar-refractivity contribution < 1.29 is 14.4 Å². The minimum atomic E-state index is -0.327. The summed E-state index contributed by atoms with van der Waals surface area (Å²) in [4.78, 5) is 15.6. The molecule has 0 heterocycles. The predicted molar refractivity (Wildman–Crippen MR) is 88.0 cm³/mol. The summed E-state index contributed by atoms with van der Waals surface area (Å²) in [5.41, 5.74) is 5.63. The maximum absolute atomic E-state index is 10.8. The van der Waals surface area contributed by atoms with Crippen LogP contribution in [0.1, 0.15) is 36.0 Å². The van der Waals surface area contributed by atoms with Crippen LogP contribution in [-0.4, -0.2) is 12.0 Å². The first-order valence-electron chi connectivity index (χ1n) is 7.80. The van der Waals surface area contributed by atoms with Gasteiger partial charge in [0.05, 0.1) is 17.7 Å². The molecule has 2 aromatic rings. The van der Waals surface area contributed by atoms with Gasteiger partial charge in [-0.2, -0.15) is 5.26 Å². The average Bonchev–Trinajstić information content (AvgIpc) is 3.39. The maximum atomic E-state index is 10.8.